The van der Waals surface area contributed by atoms with Crippen LogP contribution in [0.4, 0.5) is 5.69 Å². The van der Waals surface area contributed by atoms with E-state index in [1.165, 1.54) is 18.2 Å². The maximum atomic E-state index is 12.2. The Morgan fingerprint density at radius 1 is 1.04 bits per heavy atom. The fourth-order valence-corrected chi connectivity index (χ4v) is 1.86. The zero-order valence-corrected chi connectivity index (χ0v) is 16.4. The summed E-state index contributed by atoms with van der Waals surface area (Å²) >= 11 is 0. The minimum Gasteiger partial charge on any atom is -0.456 e. The number of nitro benzene ring substituents is 1. The van der Waals surface area contributed by atoms with Crippen molar-refractivity contribution in [3.05, 3.63) is 39.9 Å². The van der Waals surface area contributed by atoms with Gasteiger partial charge in [0.25, 0.3) is 5.69 Å². The van der Waals surface area contributed by atoms with Gasteiger partial charge in [0, 0.05) is 6.07 Å². The molecule has 0 N–H and O–H groups in total. The zero-order chi connectivity index (χ0) is 20.0. The number of nitrogens with zero attached hydrogens (tertiary/aromatic N) is 1. The predicted octanol–water partition coefficient (Wildman–Crippen LogP) is 4.20. The normalized spacial score (nSPS) is 12.3. The summed E-state index contributed by atoms with van der Waals surface area (Å²) < 4.78 is 16.7. The lowest BCUT2D eigenvalue weighted by molar-refractivity contribution is -0.385. The van der Waals surface area contributed by atoms with Crippen LogP contribution in [0.2, 0.25) is 0 Å². The Morgan fingerprint density at radius 2 is 1.54 bits per heavy atom. The van der Waals surface area contributed by atoms with E-state index in [0.717, 1.165) is 0 Å². The number of carbonyl (C=O) groups excluding carboxylic acids is 1. The first-order valence-electron chi connectivity index (χ1n) is 8.53. The van der Waals surface area contributed by atoms with Crippen molar-refractivity contribution in [3.63, 3.8) is 0 Å². The van der Waals surface area contributed by atoms with Crippen molar-refractivity contribution >= 4 is 11.7 Å². The van der Waals surface area contributed by atoms with E-state index in [9.17, 15) is 14.9 Å². The molecule has 26 heavy (non-hydrogen) atoms. The average molecular weight is 367 g/mol. The molecule has 0 aliphatic heterocycles. The lowest BCUT2D eigenvalue weighted by Crippen LogP contribution is -2.32. The van der Waals surface area contributed by atoms with Crippen molar-refractivity contribution in [1.29, 1.82) is 0 Å². The highest BCUT2D eigenvalue weighted by Crippen LogP contribution is 2.20. The van der Waals surface area contributed by atoms with E-state index < -0.39 is 17.2 Å². The van der Waals surface area contributed by atoms with Crippen LogP contribution >= 0.6 is 0 Å². The molecule has 0 unspecified atom stereocenters. The molecule has 0 bridgehead atoms. The molecule has 0 saturated heterocycles. The van der Waals surface area contributed by atoms with Crippen LogP contribution in [0.3, 0.4) is 0 Å². The van der Waals surface area contributed by atoms with Gasteiger partial charge in [-0.2, -0.15) is 0 Å². The van der Waals surface area contributed by atoms with Gasteiger partial charge in [-0.1, -0.05) is 53.7 Å². The van der Waals surface area contributed by atoms with Gasteiger partial charge in [-0.3, -0.25) is 10.1 Å². The van der Waals surface area contributed by atoms with Gasteiger partial charge in [0.1, 0.15) is 12.2 Å². The zero-order valence-electron chi connectivity index (χ0n) is 16.4. The molecule has 0 aliphatic rings. The van der Waals surface area contributed by atoms with Crippen LogP contribution < -0.4 is 0 Å². The molecular weight excluding hydrogens is 338 g/mol. The van der Waals surface area contributed by atoms with E-state index in [-0.39, 0.29) is 28.7 Å². The molecule has 146 valence electrons. The van der Waals surface area contributed by atoms with Crippen molar-refractivity contribution < 1.29 is 23.9 Å². The summed E-state index contributed by atoms with van der Waals surface area (Å²) in [6.45, 7) is 12.8. The van der Waals surface area contributed by atoms with Gasteiger partial charge < -0.3 is 14.2 Å². The van der Waals surface area contributed by atoms with E-state index in [0.29, 0.717) is 13.2 Å². The second-order valence-electron chi connectivity index (χ2n) is 8.55. The molecule has 7 nitrogen and oxygen atoms in total. The maximum Gasteiger partial charge on any atom is 0.345 e. The van der Waals surface area contributed by atoms with Gasteiger partial charge in [-0.25, -0.2) is 4.79 Å². The highest BCUT2D eigenvalue weighted by Gasteiger charge is 2.24. The molecule has 1 rings (SSSR count). The monoisotopic (exact) mass is 367 g/mol. The van der Waals surface area contributed by atoms with E-state index in [1.54, 1.807) is 6.07 Å². The number of nitro groups is 1. The molecule has 0 saturated carbocycles. The number of ether oxygens (including phenoxy) is 3. The fraction of sp³-hybridized carbons (Fsp3) is 0.632. The van der Waals surface area contributed by atoms with E-state index >= 15 is 0 Å². The molecule has 0 radical (unpaired) electrons. The third-order valence-corrected chi connectivity index (χ3v) is 3.08. The standard InChI is InChI=1S/C19H29NO6/c1-18(2,3)12-25-16(26-13-19(4,5)6)11-24-17(21)14-9-7-8-10-15(14)20(22)23/h7-10,16H,11-13H2,1-6H3. The maximum absolute atomic E-state index is 12.2. The molecule has 1 aromatic carbocycles. The van der Waals surface area contributed by atoms with Gasteiger partial charge in [0.15, 0.2) is 6.29 Å². The SMILES string of the molecule is CC(C)(C)COC(COC(=O)c1ccccc1[N+](=O)[O-])OCC(C)(C)C. The van der Waals surface area contributed by atoms with Gasteiger partial charge in [-0.15, -0.1) is 0 Å². The smallest absolute Gasteiger partial charge is 0.345 e. The lowest BCUT2D eigenvalue weighted by atomic mass is 9.98. The van der Waals surface area contributed by atoms with Crippen molar-refractivity contribution in [2.75, 3.05) is 19.8 Å². The van der Waals surface area contributed by atoms with Crippen LogP contribution in [0.1, 0.15) is 51.9 Å². The number of para-hydroxylation sites is 1. The Labute approximate surface area is 154 Å². The number of rotatable bonds is 8. The molecule has 0 fully saturated rings. The summed E-state index contributed by atoms with van der Waals surface area (Å²) in [5.41, 5.74) is -0.542. The van der Waals surface area contributed by atoms with E-state index in [1.807, 2.05) is 41.5 Å². The van der Waals surface area contributed by atoms with Crippen LogP contribution in [-0.2, 0) is 14.2 Å². The fourth-order valence-electron chi connectivity index (χ4n) is 1.86. The topological polar surface area (TPSA) is 87.9 Å². The molecule has 0 amide bonds. The molecule has 0 aromatic heterocycles. The molecule has 1 aromatic rings. The number of carbonyl (C=O) groups is 1. The van der Waals surface area contributed by atoms with Crippen molar-refractivity contribution in [1.82, 2.24) is 0 Å². The summed E-state index contributed by atoms with van der Waals surface area (Å²) in [5, 5.41) is 11.0. The lowest BCUT2D eigenvalue weighted by Gasteiger charge is -2.27. The second kappa shape index (κ2) is 9.09. The first-order valence-corrected chi connectivity index (χ1v) is 8.53. The Hall–Kier alpha value is -1.99. The first-order chi connectivity index (χ1) is 11.9. The third kappa shape index (κ3) is 8.40. The van der Waals surface area contributed by atoms with Crippen LogP contribution in [0.5, 0.6) is 0 Å². The molecule has 0 atom stereocenters. The van der Waals surface area contributed by atoms with Gasteiger partial charge in [-0.05, 0) is 16.9 Å². The van der Waals surface area contributed by atoms with E-state index in [4.69, 9.17) is 14.2 Å². The minimum absolute atomic E-state index is 0.0778. The summed E-state index contributed by atoms with van der Waals surface area (Å²) in [5.74, 6) is -0.777. The molecule has 7 heteroatoms. The summed E-state index contributed by atoms with van der Waals surface area (Å²) in [7, 11) is 0. The molecule has 0 spiro atoms. The van der Waals surface area contributed by atoms with Gasteiger partial charge in [0.05, 0.1) is 18.1 Å². The average Bonchev–Trinajstić information content (AvgIpc) is 2.51. The Bertz CT molecular complexity index is 597. The largest absolute Gasteiger partial charge is 0.456 e. The summed E-state index contributed by atoms with van der Waals surface area (Å²) in [6, 6.07) is 5.67. The van der Waals surface area contributed by atoms with Gasteiger partial charge in [0.2, 0.25) is 0 Å². The van der Waals surface area contributed by atoms with Crippen molar-refractivity contribution in [2.24, 2.45) is 10.8 Å². The van der Waals surface area contributed by atoms with Crippen LogP contribution in [0, 0.1) is 20.9 Å². The molecular formula is C19H29NO6. The Balaban J connectivity index is 2.75. The molecule has 0 aliphatic carbocycles. The highest BCUT2D eigenvalue weighted by molar-refractivity contribution is 5.93. The van der Waals surface area contributed by atoms with Crippen molar-refractivity contribution in [2.45, 2.75) is 47.8 Å². The Morgan fingerprint density at radius 3 is 2.00 bits per heavy atom. The van der Waals surface area contributed by atoms with Crippen molar-refractivity contribution in [3.8, 4) is 0 Å². The third-order valence-electron chi connectivity index (χ3n) is 3.08. The number of hydrogen-bond acceptors (Lipinski definition) is 6. The second-order valence-corrected chi connectivity index (χ2v) is 8.55. The predicted molar refractivity (Wildman–Crippen MR) is 98.0 cm³/mol. The summed E-state index contributed by atoms with van der Waals surface area (Å²) in [6.07, 6.45) is -0.736. The summed E-state index contributed by atoms with van der Waals surface area (Å²) in [4.78, 5) is 22.7. The van der Waals surface area contributed by atoms with Gasteiger partial charge >= 0.3 is 5.97 Å². The van der Waals surface area contributed by atoms with Crippen LogP contribution in [0.15, 0.2) is 24.3 Å². The quantitative estimate of drug-likeness (QED) is 0.296. The first kappa shape index (κ1) is 22.1. The molecule has 0 heterocycles. The highest BCUT2D eigenvalue weighted by atomic mass is 16.7. The minimum atomic E-state index is -0.777. The van der Waals surface area contributed by atoms with Crippen LogP contribution in [0.25, 0.3) is 0 Å². The van der Waals surface area contributed by atoms with Crippen LogP contribution in [-0.4, -0.2) is 37.0 Å². The van der Waals surface area contributed by atoms with E-state index in [2.05, 4.69) is 0 Å². The number of benzene rings is 1. The number of esters is 1. The Kier molecular flexibility index (Phi) is 7.71. The number of hydrogen-bond donors (Lipinski definition) is 0.